The summed E-state index contributed by atoms with van der Waals surface area (Å²) in [6, 6.07) is 63.5. The van der Waals surface area contributed by atoms with Crippen LogP contribution in [0.3, 0.4) is 0 Å². The largest absolute Gasteiger partial charge is 0.456 e. The zero-order valence-electron chi connectivity index (χ0n) is 33.1. The lowest BCUT2D eigenvalue weighted by Gasteiger charge is -2.22. The van der Waals surface area contributed by atoms with Gasteiger partial charge in [0.05, 0.1) is 11.4 Å². The van der Waals surface area contributed by atoms with E-state index in [-0.39, 0.29) is 5.41 Å². The van der Waals surface area contributed by atoms with Crippen LogP contribution in [0.15, 0.2) is 201 Å². The van der Waals surface area contributed by atoms with E-state index >= 15 is 0 Å². The Morgan fingerprint density at radius 3 is 2.05 bits per heavy atom. The van der Waals surface area contributed by atoms with Crippen LogP contribution in [0.25, 0.3) is 64.4 Å². The molecule has 60 heavy (non-hydrogen) atoms. The van der Waals surface area contributed by atoms with Gasteiger partial charge in [-0.3, -0.25) is 0 Å². The minimum Gasteiger partial charge on any atom is -0.456 e. The predicted octanol–water partition coefficient (Wildman–Crippen LogP) is 14.6. The van der Waals surface area contributed by atoms with E-state index in [0.717, 1.165) is 61.1 Å². The Kier molecular flexibility index (Phi) is 8.43. The summed E-state index contributed by atoms with van der Waals surface area (Å²) in [5.41, 5.74) is 12.0. The summed E-state index contributed by atoms with van der Waals surface area (Å²) in [5.74, 6) is 0.960. The molecule has 0 saturated heterocycles. The van der Waals surface area contributed by atoms with Crippen LogP contribution in [0.2, 0.25) is 0 Å². The summed E-state index contributed by atoms with van der Waals surface area (Å²) in [4.78, 5) is 10.2. The van der Waals surface area contributed by atoms with Gasteiger partial charge in [0.25, 0.3) is 0 Å². The molecule has 10 aromatic rings. The van der Waals surface area contributed by atoms with Gasteiger partial charge in [-0.05, 0) is 88.6 Å². The molecular weight excluding hydrogens is 753 g/mol. The van der Waals surface area contributed by atoms with Crippen LogP contribution in [0.5, 0.6) is 0 Å². The van der Waals surface area contributed by atoms with Crippen molar-refractivity contribution >= 4 is 83.2 Å². The lowest BCUT2D eigenvalue weighted by molar-refractivity contribution is 0.660. The van der Waals surface area contributed by atoms with Gasteiger partial charge in [-0.25, -0.2) is 15.0 Å². The molecule has 0 spiro atoms. The van der Waals surface area contributed by atoms with E-state index in [2.05, 4.69) is 166 Å². The molecule has 2 heterocycles. The van der Waals surface area contributed by atoms with E-state index in [0.29, 0.717) is 11.7 Å². The SMILES string of the molecule is C=NC(=N/C(=N\N(c1ccc(-c2ccccc2)cc1)c1ccc2sc3ccccc3c2c1)c1cccc2oc3ccccc3c12)c1cccc2c1-c1ccccc1C2(C)C. The maximum absolute atomic E-state index is 6.44. The highest BCUT2D eigenvalue weighted by Gasteiger charge is 2.37. The van der Waals surface area contributed by atoms with Crippen LogP contribution in [0.4, 0.5) is 11.4 Å². The molecule has 0 saturated carbocycles. The van der Waals surface area contributed by atoms with Crippen molar-refractivity contribution in [2.75, 3.05) is 5.01 Å². The van der Waals surface area contributed by atoms with Crippen LogP contribution in [-0.4, -0.2) is 18.4 Å². The first-order valence-electron chi connectivity index (χ1n) is 20.1. The lowest BCUT2D eigenvalue weighted by Crippen LogP contribution is -2.16. The second-order valence-electron chi connectivity index (χ2n) is 15.7. The highest BCUT2D eigenvalue weighted by Crippen LogP contribution is 2.50. The van der Waals surface area contributed by atoms with Crippen molar-refractivity contribution in [1.82, 2.24) is 0 Å². The van der Waals surface area contributed by atoms with Crippen LogP contribution in [0, 0.1) is 0 Å². The number of amidine groups is 2. The quantitative estimate of drug-likeness (QED) is 0.0957. The van der Waals surface area contributed by atoms with E-state index in [1.54, 1.807) is 11.3 Å². The summed E-state index contributed by atoms with van der Waals surface area (Å²) < 4.78 is 8.91. The van der Waals surface area contributed by atoms with Crippen LogP contribution in [0.1, 0.15) is 36.1 Å². The zero-order valence-corrected chi connectivity index (χ0v) is 33.9. The molecule has 1 aliphatic rings. The van der Waals surface area contributed by atoms with E-state index in [4.69, 9.17) is 19.5 Å². The number of hydrogen-bond donors (Lipinski definition) is 0. The van der Waals surface area contributed by atoms with Gasteiger partial charge in [0.2, 0.25) is 0 Å². The number of rotatable bonds is 6. The Morgan fingerprint density at radius 1 is 0.550 bits per heavy atom. The normalized spacial score (nSPS) is 13.6. The number of thiophene rings is 1. The van der Waals surface area contributed by atoms with Gasteiger partial charge in [-0.15, -0.1) is 16.4 Å². The topological polar surface area (TPSA) is 53.5 Å². The molecule has 0 atom stereocenters. The number of para-hydroxylation sites is 1. The molecule has 0 fully saturated rings. The van der Waals surface area contributed by atoms with Gasteiger partial charge in [0, 0.05) is 47.5 Å². The number of benzene rings is 8. The molecule has 0 radical (unpaired) electrons. The Balaban J connectivity index is 1.18. The van der Waals surface area contributed by atoms with Crippen molar-refractivity contribution in [2.24, 2.45) is 15.1 Å². The molecule has 2 aromatic heterocycles. The Bertz CT molecular complexity index is 3370. The number of hydrogen-bond acceptors (Lipinski definition) is 4. The molecule has 0 aliphatic heterocycles. The van der Waals surface area contributed by atoms with Crippen LogP contribution >= 0.6 is 11.3 Å². The maximum atomic E-state index is 6.44. The first kappa shape index (κ1) is 35.7. The second-order valence-corrected chi connectivity index (χ2v) is 16.8. The van der Waals surface area contributed by atoms with Crippen LogP contribution in [-0.2, 0) is 5.41 Å². The Morgan fingerprint density at radius 2 is 1.20 bits per heavy atom. The summed E-state index contributed by atoms with van der Waals surface area (Å²) in [6.07, 6.45) is 0. The van der Waals surface area contributed by atoms with Crippen LogP contribution < -0.4 is 5.01 Å². The molecule has 286 valence electrons. The predicted molar refractivity (Wildman–Crippen MR) is 254 cm³/mol. The number of furan rings is 1. The Labute approximate surface area is 351 Å². The summed E-state index contributed by atoms with van der Waals surface area (Å²) in [5, 5.41) is 11.9. The molecule has 11 rings (SSSR count). The standard InChI is InChI=1S/C54H38N4OS/c1-54(2)44-22-10-7-18-39(44)50-41(20-13-23-45(50)54)52(55-3)56-53(42-21-14-25-47-51(42)40-19-8-11-24-46(40)59-47)57-58(36-29-27-35(28-30-36)34-15-5-4-6-16-34)37-31-32-49-43(33-37)38-17-9-12-26-48(38)60-49/h4-33H,3H2,1-2H3/b56-52?,57-53-. The van der Waals surface area contributed by atoms with E-state index in [1.165, 1.54) is 36.9 Å². The monoisotopic (exact) mass is 790 g/mol. The van der Waals surface area contributed by atoms with Gasteiger partial charge in [0.15, 0.2) is 11.7 Å². The maximum Gasteiger partial charge on any atom is 0.182 e. The summed E-state index contributed by atoms with van der Waals surface area (Å²) in [7, 11) is 0. The highest BCUT2D eigenvalue weighted by molar-refractivity contribution is 7.25. The molecule has 0 unspecified atom stereocenters. The number of nitrogens with zero attached hydrogens (tertiary/aromatic N) is 4. The van der Waals surface area contributed by atoms with Crippen molar-refractivity contribution in [2.45, 2.75) is 19.3 Å². The highest BCUT2D eigenvalue weighted by atomic mass is 32.1. The van der Waals surface area contributed by atoms with Gasteiger partial charge in [-0.1, -0.05) is 147 Å². The minimum atomic E-state index is -0.195. The number of fused-ring (bicyclic) bond motifs is 9. The number of aliphatic imine (C=N–C) groups is 2. The first-order chi connectivity index (χ1) is 29.5. The third-order valence-corrected chi connectivity index (χ3v) is 13.0. The smallest absolute Gasteiger partial charge is 0.182 e. The van der Waals surface area contributed by atoms with Gasteiger partial charge in [-0.2, -0.15) is 0 Å². The van der Waals surface area contributed by atoms with Crippen molar-refractivity contribution in [3.8, 4) is 22.3 Å². The average molecular weight is 791 g/mol. The molecule has 5 nitrogen and oxygen atoms in total. The fourth-order valence-corrected chi connectivity index (χ4v) is 10.0. The van der Waals surface area contributed by atoms with Crippen molar-refractivity contribution in [3.63, 3.8) is 0 Å². The van der Waals surface area contributed by atoms with Gasteiger partial charge < -0.3 is 4.42 Å². The third kappa shape index (κ3) is 5.79. The lowest BCUT2D eigenvalue weighted by atomic mass is 9.82. The average Bonchev–Trinajstić information content (AvgIpc) is 3.94. The first-order valence-corrected chi connectivity index (χ1v) is 20.9. The van der Waals surface area contributed by atoms with E-state index < -0.39 is 0 Å². The molecule has 0 N–H and O–H groups in total. The van der Waals surface area contributed by atoms with Crippen molar-refractivity contribution in [1.29, 1.82) is 0 Å². The van der Waals surface area contributed by atoms with Gasteiger partial charge >= 0.3 is 0 Å². The van der Waals surface area contributed by atoms with Crippen molar-refractivity contribution in [3.05, 3.63) is 204 Å². The zero-order chi connectivity index (χ0) is 40.4. The molecule has 1 aliphatic carbocycles. The molecular formula is C54H38N4OS. The molecule has 8 aromatic carbocycles. The minimum absolute atomic E-state index is 0.195. The van der Waals surface area contributed by atoms with Crippen molar-refractivity contribution < 1.29 is 4.42 Å². The number of anilines is 2. The summed E-state index contributed by atoms with van der Waals surface area (Å²) in [6.45, 7) is 8.70. The molecule has 0 bridgehead atoms. The fraction of sp³-hybridized carbons (Fsp3) is 0.0556. The number of hydrazone groups is 1. The second kappa shape index (κ2) is 14.2. The Hall–Kier alpha value is -7.41. The molecule has 0 amide bonds. The third-order valence-electron chi connectivity index (χ3n) is 11.9. The molecule has 6 heteroatoms. The fourth-order valence-electron chi connectivity index (χ4n) is 8.95. The van der Waals surface area contributed by atoms with E-state index in [9.17, 15) is 0 Å². The van der Waals surface area contributed by atoms with E-state index in [1.807, 2.05) is 41.4 Å². The van der Waals surface area contributed by atoms with Gasteiger partial charge in [0.1, 0.15) is 11.2 Å². The summed E-state index contributed by atoms with van der Waals surface area (Å²) >= 11 is 1.80.